The quantitative estimate of drug-likeness (QED) is 0.568. The van der Waals surface area contributed by atoms with Crippen molar-refractivity contribution >= 4 is 0 Å². The maximum absolute atomic E-state index is 5.89. The van der Waals surface area contributed by atoms with Gasteiger partial charge in [-0.25, -0.2) is 0 Å². The van der Waals surface area contributed by atoms with Crippen LogP contribution in [-0.2, 0) is 32.7 Å². The Morgan fingerprint density at radius 2 is 1.17 bits per heavy atom. The minimum Gasteiger partial charge on any atom is -0.390 e. The molecule has 0 atom stereocenters. The fraction of sp³-hybridized carbons (Fsp3) is 0.636. The molecule has 0 aromatic carbocycles. The van der Waals surface area contributed by atoms with Crippen molar-refractivity contribution < 1.29 is 32.7 Å². The van der Waals surface area contributed by atoms with E-state index in [1.54, 1.807) is 0 Å². The van der Waals surface area contributed by atoms with E-state index in [2.05, 4.69) is 27.7 Å². The Kier molecular flexibility index (Phi) is 3.55. The SMILES string of the molecule is [CH-]=C1C(=[CH-])C(C)(C)CC1(C)C.[Y]. The van der Waals surface area contributed by atoms with Crippen molar-refractivity contribution in [1.82, 2.24) is 0 Å². The zero-order chi connectivity index (χ0) is 8.86. The van der Waals surface area contributed by atoms with Crippen molar-refractivity contribution in [3.05, 3.63) is 24.3 Å². The average molecular weight is 237 g/mol. The van der Waals surface area contributed by atoms with Crippen molar-refractivity contribution in [1.29, 1.82) is 0 Å². The first kappa shape index (κ1) is 12.6. The molecule has 0 heterocycles. The Labute approximate surface area is 101 Å². The summed E-state index contributed by atoms with van der Waals surface area (Å²) in [5, 5.41) is 0. The molecule has 0 aromatic heterocycles. The van der Waals surface area contributed by atoms with Crippen LogP contribution in [0.5, 0.6) is 0 Å². The smallest absolute Gasteiger partial charge is 0 e. The largest absolute Gasteiger partial charge is 0.390 e. The third-order valence-electron chi connectivity index (χ3n) is 2.63. The summed E-state index contributed by atoms with van der Waals surface area (Å²) in [6, 6.07) is 0. The molecule has 0 amide bonds. The van der Waals surface area contributed by atoms with Crippen LogP contribution in [-0.4, -0.2) is 0 Å². The Morgan fingerprint density at radius 3 is 1.25 bits per heavy atom. The molecule has 0 spiro atoms. The van der Waals surface area contributed by atoms with E-state index in [9.17, 15) is 0 Å². The molecule has 1 fully saturated rings. The van der Waals surface area contributed by atoms with Crippen LogP contribution in [0.15, 0.2) is 11.1 Å². The number of hydrogen-bond acceptors (Lipinski definition) is 0. The molecule has 65 valence electrons. The van der Waals surface area contributed by atoms with Gasteiger partial charge in [0.15, 0.2) is 0 Å². The molecule has 1 heteroatoms. The maximum atomic E-state index is 5.89. The van der Waals surface area contributed by atoms with Crippen LogP contribution in [0.1, 0.15) is 34.1 Å². The molecule has 1 radical (unpaired) electrons. The first-order chi connectivity index (χ1) is 4.77. The molecule has 0 bridgehead atoms. The van der Waals surface area contributed by atoms with Crippen LogP contribution in [0.3, 0.4) is 0 Å². The fourth-order valence-corrected chi connectivity index (χ4v) is 2.02. The zero-order valence-electron chi connectivity index (χ0n) is 8.44. The summed E-state index contributed by atoms with van der Waals surface area (Å²) >= 11 is 0. The Morgan fingerprint density at radius 1 is 0.917 bits per heavy atom. The zero-order valence-corrected chi connectivity index (χ0v) is 11.3. The van der Waals surface area contributed by atoms with Gasteiger partial charge in [-0.1, -0.05) is 34.1 Å². The second-order valence-electron chi connectivity index (χ2n) is 4.77. The van der Waals surface area contributed by atoms with Gasteiger partial charge < -0.3 is 24.3 Å². The molecule has 0 aliphatic heterocycles. The molecule has 0 nitrogen and oxygen atoms in total. The van der Waals surface area contributed by atoms with Crippen LogP contribution in [0.4, 0.5) is 0 Å². The van der Waals surface area contributed by atoms with E-state index in [4.69, 9.17) is 13.2 Å². The molecule has 0 unspecified atom stereocenters. The van der Waals surface area contributed by atoms with E-state index in [1.165, 1.54) is 0 Å². The number of allylic oxidation sites excluding steroid dienone is 2. The van der Waals surface area contributed by atoms with E-state index in [0.717, 1.165) is 17.6 Å². The van der Waals surface area contributed by atoms with Crippen LogP contribution < -0.4 is 0 Å². The molecule has 1 rings (SSSR count). The molecule has 0 N–H and O–H groups in total. The molecule has 1 aliphatic rings. The summed E-state index contributed by atoms with van der Waals surface area (Å²) in [5.41, 5.74) is 1.94. The standard InChI is InChI=1S/C11H16.Y/c1-8-9(2)11(5,6)7-10(8,3)4;/h1-2H,7H2,3-6H3;/q-2;. The Hall–Kier alpha value is 0.584. The Bertz CT molecular complexity index is 197. The molecular formula is C11H16Y-2. The number of rotatable bonds is 0. The van der Waals surface area contributed by atoms with Gasteiger partial charge >= 0.3 is 0 Å². The molecule has 1 saturated carbocycles. The summed E-state index contributed by atoms with van der Waals surface area (Å²) in [7, 11) is 0. The van der Waals surface area contributed by atoms with Crippen molar-refractivity contribution in [2.45, 2.75) is 34.1 Å². The minimum atomic E-state index is 0. The van der Waals surface area contributed by atoms with Gasteiger partial charge in [-0.15, -0.1) is 10.8 Å². The van der Waals surface area contributed by atoms with E-state index >= 15 is 0 Å². The number of hydrogen-bond donors (Lipinski definition) is 0. The predicted octanol–water partition coefficient (Wildman–Crippen LogP) is 3.16. The first-order valence-electron chi connectivity index (χ1n) is 4.03. The Balaban J connectivity index is 0.00000121. The van der Waals surface area contributed by atoms with Gasteiger partial charge in [0.2, 0.25) is 0 Å². The van der Waals surface area contributed by atoms with Crippen molar-refractivity contribution in [3.63, 3.8) is 0 Å². The third-order valence-corrected chi connectivity index (χ3v) is 2.63. The van der Waals surface area contributed by atoms with Gasteiger partial charge in [-0.05, 0) is 0 Å². The van der Waals surface area contributed by atoms with E-state index in [1.807, 2.05) is 0 Å². The fourth-order valence-electron chi connectivity index (χ4n) is 2.02. The second kappa shape index (κ2) is 3.38. The summed E-state index contributed by atoms with van der Waals surface area (Å²) < 4.78 is 0. The summed E-state index contributed by atoms with van der Waals surface area (Å²) in [4.78, 5) is 0. The molecule has 12 heavy (non-hydrogen) atoms. The monoisotopic (exact) mass is 237 g/mol. The van der Waals surface area contributed by atoms with Gasteiger partial charge in [0.05, 0.1) is 0 Å². The first-order valence-corrected chi connectivity index (χ1v) is 4.03. The normalized spacial score (nSPS) is 25.3. The molecule has 1 aliphatic carbocycles. The van der Waals surface area contributed by atoms with Gasteiger partial charge in [0.1, 0.15) is 0 Å². The second-order valence-corrected chi connectivity index (χ2v) is 4.77. The van der Waals surface area contributed by atoms with Crippen LogP contribution in [0.25, 0.3) is 0 Å². The minimum absolute atomic E-state index is 0. The van der Waals surface area contributed by atoms with Gasteiger partial charge in [0.25, 0.3) is 0 Å². The summed E-state index contributed by atoms with van der Waals surface area (Å²) in [5.74, 6) is 0. The molecule has 0 saturated heterocycles. The van der Waals surface area contributed by atoms with Crippen LogP contribution in [0.2, 0.25) is 0 Å². The summed E-state index contributed by atoms with van der Waals surface area (Å²) in [6.45, 7) is 20.3. The van der Waals surface area contributed by atoms with E-state index < -0.39 is 0 Å². The predicted molar refractivity (Wildman–Crippen MR) is 47.8 cm³/mol. The average Bonchev–Trinajstić information content (AvgIpc) is 1.91. The van der Waals surface area contributed by atoms with E-state index in [-0.39, 0.29) is 43.5 Å². The van der Waals surface area contributed by atoms with Crippen LogP contribution >= 0.6 is 0 Å². The van der Waals surface area contributed by atoms with Crippen LogP contribution in [0, 0.1) is 24.0 Å². The van der Waals surface area contributed by atoms with Crippen molar-refractivity contribution in [3.8, 4) is 0 Å². The van der Waals surface area contributed by atoms with Gasteiger partial charge in [0, 0.05) is 32.7 Å². The maximum Gasteiger partial charge on any atom is 0 e. The van der Waals surface area contributed by atoms with E-state index in [0.29, 0.717) is 0 Å². The summed E-state index contributed by atoms with van der Waals surface area (Å²) in [6.07, 6.45) is 1.05. The van der Waals surface area contributed by atoms with Crippen molar-refractivity contribution in [2.75, 3.05) is 0 Å². The third kappa shape index (κ3) is 1.91. The van der Waals surface area contributed by atoms with Gasteiger partial charge in [-0.3, -0.25) is 0 Å². The van der Waals surface area contributed by atoms with Gasteiger partial charge in [-0.2, -0.15) is 0 Å². The molecular weight excluding hydrogens is 221 g/mol. The topological polar surface area (TPSA) is 0 Å². The molecule has 0 aromatic rings. The van der Waals surface area contributed by atoms with Crippen molar-refractivity contribution in [2.24, 2.45) is 10.8 Å².